The lowest BCUT2D eigenvalue weighted by Crippen LogP contribution is -2.58. The van der Waals surface area contributed by atoms with Gasteiger partial charge in [0.15, 0.2) is 0 Å². The van der Waals surface area contributed by atoms with Crippen LogP contribution in [0.5, 0.6) is 0 Å². The van der Waals surface area contributed by atoms with E-state index >= 15 is 0 Å². The average molecular weight is 212 g/mol. The van der Waals surface area contributed by atoms with Crippen LogP contribution in [0.1, 0.15) is 33.1 Å². The predicted octanol–water partition coefficient (Wildman–Crippen LogP) is 0.924. The second kappa shape index (κ2) is 4.40. The first-order valence-corrected chi connectivity index (χ1v) is 6.23. The van der Waals surface area contributed by atoms with Crippen LogP contribution in [0.25, 0.3) is 0 Å². The van der Waals surface area contributed by atoms with E-state index in [4.69, 9.17) is 0 Å². The predicted molar refractivity (Wildman–Crippen MR) is 61.9 cm³/mol. The molecule has 0 aromatic rings. The topological polar surface area (TPSA) is 26.7 Å². The van der Waals surface area contributed by atoms with Crippen molar-refractivity contribution in [2.45, 2.75) is 57.3 Å². The van der Waals surface area contributed by atoms with Crippen molar-refractivity contribution in [3.8, 4) is 0 Å². The molecule has 1 aliphatic heterocycles. The fourth-order valence-corrected chi connectivity index (χ4v) is 3.06. The zero-order valence-corrected chi connectivity index (χ0v) is 10.2. The maximum atomic E-state index is 9.92. The third kappa shape index (κ3) is 2.19. The van der Waals surface area contributed by atoms with Crippen LogP contribution < -0.4 is 0 Å². The van der Waals surface area contributed by atoms with Crippen LogP contribution in [-0.4, -0.2) is 59.3 Å². The second-order valence-electron chi connectivity index (χ2n) is 5.38. The van der Waals surface area contributed by atoms with E-state index in [1.807, 2.05) is 0 Å². The van der Waals surface area contributed by atoms with E-state index in [1.54, 1.807) is 0 Å². The molecule has 2 rings (SSSR count). The van der Waals surface area contributed by atoms with Gasteiger partial charge in [-0.05, 0) is 40.2 Å². The van der Waals surface area contributed by atoms with Crippen LogP contribution in [0, 0.1) is 0 Å². The number of rotatable bonds is 1. The molecule has 2 unspecified atom stereocenters. The first-order valence-electron chi connectivity index (χ1n) is 6.23. The van der Waals surface area contributed by atoms with Crippen molar-refractivity contribution in [2.24, 2.45) is 0 Å². The first kappa shape index (κ1) is 11.4. The summed E-state index contributed by atoms with van der Waals surface area (Å²) in [7, 11) is 2.21. The van der Waals surface area contributed by atoms with Crippen molar-refractivity contribution in [1.29, 1.82) is 0 Å². The number of piperazine rings is 1. The zero-order chi connectivity index (χ0) is 11.0. The Kier molecular flexibility index (Phi) is 3.33. The Hall–Kier alpha value is -0.120. The Bertz CT molecular complexity index is 210. The Balaban J connectivity index is 1.99. The molecule has 2 aliphatic rings. The van der Waals surface area contributed by atoms with Crippen molar-refractivity contribution in [3.05, 3.63) is 0 Å². The van der Waals surface area contributed by atoms with Gasteiger partial charge in [0.1, 0.15) is 0 Å². The van der Waals surface area contributed by atoms with Crippen molar-refractivity contribution in [2.75, 3.05) is 20.1 Å². The Morgan fingerprint density at radius 2 is 1.67 bits per heavy atom. The van der Waals surface area contributed by atoms with Crippen LogP contribution in [0.2, 0.25) is 0 Å². The molecule has 3 nitrogen and oxygen atoms in total. The molecule has 0 spiro atoms. The number of hydrogen-bond donors (Lipinski definition) is 1. The lowest BCUT2D eigenvalue weighted by atomic mass is 10.0. The average Bonchev–Trinajstić information content (AvgIpc) is 2.60. The lowest BCUT2D eigenvalue weighted by Gasteiger charge is -2.45. The maximum Gasteiger partial charge on any atom is 0.0695 e. The van der Waals surface area contributed by atoms with Crippen molar-refractivity contribution >= 4 is 0 Å². The van der Waals surface area contributed by atoms with E-state index in [0.29, 0.717) is 18.1 Å². The summed E-state index contributed by atoms with van der Waals surface area (Å²) in [6.45, 7) is 6.79. The quantitative estimate of drug-likeness (QED) is 0.700. The fraction of sp³-hybridized carbons (Fsp3) is 1.00. The molecule has 1 heterocycles. The summed E-state index contributed by atoms with van der Waals surface area (Å²) in [5.41, 5.74) is 0. The molecule has 1 saturated carbocycles. The Morgan fingerprint density at radius 1 is 1.07 bits per heavy atom. The highest BCUT2D eigenvalue weighted by atomic mass is 16.3. The van der Waals surface area contributed by atoms with Crippen LogP contribution in [0.15, 0.2) is 0 Å². The van der Waals surface area contributed by atoms with Gasteiger partial charge in [-0.15, -0.1) is 0 Å². The van der Waals surface area contributed by atoms with Gasteiger partial charge in [0.25, 0.3) is 0 Å². The van der Waals surface area contributed by atoms with E-state index in [1.165, 1.54) is 12.8 Å². The molecule has 0 amide bonds. The van der Waals surface area contributed by atoms with Gasteiger partial charge in [-0.25, -0.2) is 0 Å². The molecule has 15 heavy (non-hydrogen) atoms. The van der Waals surface area contributed by atoms with E-state index in [-0.39, 0.29) is 6.10 Å². The van der Waals surface area contributed by atoms with Gasteiger partial charge < -0.3 is 5.11 Å². The number of aliphatic hydroxyl groups excluding tert-OH is 1. The summed E-state index contributed by atoms with van der Waals surface area (Å²) >= 11 is 0. The van der Waals surface area contributed by atoms with Gasteiger partial charge in [0.05, 0.1) is 6.10 Å². The molecule has 0 aromatic carbocycles. The largest absolute Gasteiger partial charge is 0.391 e. The minimum atomic E-state index is -0.0761. The third-order valence-electron chi connectivity index (χ3n) is 4.30. The van der Waals surface area contributed by atoms with Crippen molar-refractivity contribution in [3.63, 3.8) is 0 Å². The summed E-state index contributed by atoms with van der Waals surface area (Å²) in [5.74, 6) is 0. The van der Waals surface area contributed by atoms with E-state index in [0.717, 1.165) is 19.5 Å². The van der Waals surface area contributed by atoms with Crippen molar-refractivity contribution < 1.29 is 5.11 Å². The van der Waals surface area contributed by atoms with E-state index in [9.17, 15) is 5.11 Å². The number of likely N-dealkylation sites (N-methyl/N-ethyl adjacent to an activating group) is 1. The third-order valence-corrected chi connectivity index (χ3v) is 4.30. The molecule has 1 N–H and O–H groups in total. The molecular weight excluding hydrogens is 188 g/mol. The molecule has 4 atom stereocenters. The standard InChI is InChI=1S/C12H24N2O/c1-9-7-14(8-10(2)13(9)3)11-5-4-6-12(11)15/h9-12,15H,4-8H2,1-3H3/t9?,10?,11-,12-/m1/s1. The van der Waals surface area contributed by atoms with Gasteiger partial charge >= 0.3 is 0 Å². The van der Waals surface area contributed by atoms with Crippen LogP contribution in [0.3, 0.4) is 0 Å². The maximum absolute atomic E-state index is 9.92. The number of hydrogen-bond acceptors (Lipinski definition) is 3. The summed E-state index contributed by atoms with van der Waals surface area (Å²) in [6.07, 6.45) is 3.30. The Labute approximate surface area is 93.1 Å². The summed E-state index contributed by atoms with van der Waals surface area (Å²) in [6, 6.07) is 1.66. The molecule has 0 radical (unpaired) electrons. The van der Waals surface area contributed by atoms with Crippen LogP contribution >= 0.6 is 0 Å². The molecule has 2 fully saturated rings. The molecule has 88 valence electrons. The van der Waals surface area contributed by atoms with E-state index < -0.39 is 0 Å². The molecular formula is C12H24N2O. The molecule has 3 heteroatoms. The van der Waals surface area contributed by atoms with Crippen LogP contribution in [-0.2, 0) is 0 Å². The zero-order valence-electron chi connectivity index (χ0n) is 10.2. The van der Waals surface area contributed by atoms with Gasteiger partial charge in [-0.3, -0.25) is 9.80 Å². The van der Waals surface area contributed by atoms with Gasteiger partial charge in [0.2, 0.25) is 0 Å². The smallest absolute Gasteiger partial charge is 0.0695 e. The molecule has 0 bridgehead atoms. The summed E-state index contributed by atoms with van der Waals surface area (Å²) in [5, 5.41) is 9.92. The lowest BCUT2D eigenvalue weighted by molar-refractivity contribution is -0.00176. The van der Waals surface area contributed by atoms with Crippen LogP contribution in [0.4, 0.5) is 0 Å². The van der Waals surface area contributed by atoms with Gasteiger partial charge in [-0.2, -0.15) is 0 Å². The second-order valence-corrected chi connectivity index (χ2v) is 5.38. The fourth-order valence-electron chi connectivity index (χ4n) is 3.06. The van der Waals surface area contributed by atoms with Gasteiger partial charge in [-0.1, -0.05) is 0 Å². The summed E-state index contributed by atoms with van der Waals surface area (Å²) in [4.78, 5) is 4.95. The monoisotopic (exact) mass is 212 g/mol. The SMILES string of the molecule is CC1CN([C@@H]2CCC[C@H]2O)CC(C)N1C. The van der Waals surface area contributed by atoms with E-state index in [2.05, 4.69) is 30.7 Å². The molecule has 1 aliphatic carbocycles. The van der Waals surface area contributed by atoms with Gasteiger partial charge in [0, 0.05) is 31.2 Å². The minimum absolute atomic E-state index is 0.0761. The highest BCUT2D eigenvalue weighted by Crippen LogP contribution is 2.27. The summed E-state index contributed by atoms with van der Waals surface area (Å²) < 4.78 is 0. The number of aliphatic hydroxyl groups is 1. The first-order chi connectivity index (χ1) is 7.09. The Morgan fingerprint density at radius 3 is 2.13 bits per heavy atom. The van der Waals surface area contributed by atoms with Crippen molar-refractivity contribution in [1.82, 2.24) is 9.80 Å². The highest BCUT2D eigenvalue weighted by molar-refractivity contribution is 4.91. The molecule has 1 saturated heterocycles. The molecule has 0 aromatic heterocycles. The highest BCUT2D eigenvalue weighted by Gasteiger charge is 2.36. The normalized spacial score (nSPS) is 44.8. The minimum Gasteiger partial charge on any atom is -0.391 e. The number of nitrogens with zero attached hydrogens (tertiary/aromatic N) is 2.